The van der Waals surface area contributed by atoms with Crippen molar-refractivity contribution in [2.45, 2.75) is 65.7 Å². The molecule has 6 heteroatoms. The van der Waals surface area contributed by atoms with Crippen LogP contribution in [0.5, 0.6) is 11.5 Å². The second kappa shape index (κ2) is 15.9. The van der Waals surface area contributed by atoms with Crippen LogP contribution in [0.3, 0.4) is 0 Å². The van der Waals surface area contributed by atoms with Gasteiger partial charge in [0.05, 0.1) is 0 Å². The first-order valence-electron chi connectivity index (χ1n) is 22.4. The van der Waals surface area contributed by atoms with Crippen molar-refractivity contribution in [2.24, 2.45) is 0 Å². The fraction of sp³-hybridized carbons (Fsp3) is 0.172. The van der Waals surface area contributed by atoms with E-state index in [1.807, 2.05) is 0 Å². The number of benzene rings is 6. The minimum atomic E-state index is 0.0931. The zero-order valence-corrected chi connectivity index (χ0v) is 39.2. The van der Waals surface area contributed by atoms with E-state index in [1.165, 1.54) is 66.7 Å². The SMILES string of the molecule is Cc1cc(-n2c3ccc(-c4ccccc4)cc3c3ccc(Oc4cccc(-n5cc6c7ccc(n6[c]5=[Pt])CCc5ccc(cc5)CC7)c4)cc32)nc(C)c1-c1ccc(C(C)(C)C)cc1. The van der Waals surface area contributed by atoms with Gasteiger partial charge < -0.3 is 0 Å². The summed E-state index contributed by atoms with van der Waals surface area (Å²) in [5, 5.41) is 2.32. The van der Waals surface area contributed by atoms with Gasteiger partial charge in [0.25, 0.3) is 0 Å². The van der Waals surface area contributed by atoms with E-state index < -0.39 is 0 Å². The molecular formula is C58H50N4OPt. The molecule has 5 nitrogen and oxygen atoms in total. The van der Waals surface area contributed by atoms with E-state index in [1.54, 1.807) is 0 Å². The fourth-order valence-corrected chi connectivity index (χ4v) is 10.8. The van der Waals surface area contributed by atoms with E-state index >= 15 is 0 Å². The van der Waals surface area contributed by atoms with Crippen molar-refractivity contribution < 1.29 is 24.1 Å². The Hall–Kier alpha value is -6.55. The Labute approximate surface area is 385 Å². The molecule has 6 aromatic carbocycles. The number of imidazole rings is 1. The molecule has 4 aliphatic rings. The molecule has 2 aliphatic heterocycles. The van der Waals surface area contributed by atoms with Crippen molar-refractivity contribution in [3.63, 3.8) is 0 Å². The Kier molecular flexibility index (Phi) is 10.0. The molecule has 4 bridgehead atoms. The number of ether oxygens (including phenoxy) is 1. The standard InChI is InChI=1S/C58H50N4O.Pt/c1-38-32-56(59-39(2)57(38)44-21-25-46(26-22-44)58(3,4)5)62-53-31-24-45(42-10-7-6-8-11-42)33-52(53)51-30-29-50(35-54(51)62)63-49-13-9-12-48(34-49)60-36-55-43-20-18-40-14-16-41(17-15-40)19-27-47(28-23-43)61(55)37-60;/h6-17,21-26,28-36H,18-20,27H2,1-5H3;. The number of aromatic nitrogens is 4. The van der Waals surface area contributed by atoms with Crippen molar-refractivity contribution in [1.82, 2.24) is 18.5 Å². The van der Waals surface area contributed by atoms with Crippen molar-refractivity contribution in [2.75, 3.05) is 0 Å². The van der Waals surface area contributed by atoms with Crippen LogP contribution >= 0.6 is 0 Å². The van der Waals surface area contributed by atoms with Crippen LogP contribution in [0.2, 0.25) is 0 Å². The van der Waals surface area contributed by atoms with Crippen molar-refractivity contribution in [1.29, 1.82) is 0 Å². The Bertz CT molecular complexity index is 3450. The van der Waals surface area contributed by atoms with Crippen LogP contribution in [0.1, 0.15) is 60.0 Å². The van der Waals surface area contributed by atoms with Crippen LogP contribution < -0.4 is 4.74 Å². The first-order chi connectivity index (χ1) is 31.1. The Morgan fingerprint density at radius 3 is 2.06 bits per heavy atom. The normalized spacial score (nSPS) is 12.9. The summed E-state index contributed by atoms with van der Waals surface area (Å²) in [6.07, 6.45) is 6.30. The summed E-state index contributed by atoms with van der Waals surface area (Å²) >= 11 is 2.50. The van der Waals surface area contributed by atoms with Crippen molar-refractivity contribution in [3.8, 4) is 45.3 Å². The van der Waals surface area contributed by atoms with Gasteiger partial charge in [0.2, 0.25) is 0 Å². The van der Waals surface area contributed by atoms with E-state index in [-0.39, 0.29) is 5.41 Å². The summed E-state index contributed by atoms with van der Waals surface area (Å²) < 4.78 is 15.1. The van der Waals surface area contributed by atoms with E-state index in [0.29, 0.717) is 0 Å². The summed E-state index contributed by atoms with van der Waals surface area (Å²) in [5.74, 6) is 2.44. The summed E-state index contributed by atoms with van der Waals surface area (Å²) in [5.41, 5.74) is 18.3. The predicted octanol–water partition coefficient (Wildman–Crippen LogP) is 14.2. The number of hydrogen-bond donors (Lipinski definition) is 0. The molecule has 4 aromatic heterocycles. The maximum atomic E-state index is 6.82. The first kappa shape index (κ1) is 40.2. The van der Waals surface area contributed by atoms with Gasteiger partial charge in [-0.3, -0.25) is 0 Å². The van der Waals surface area contributed by atoms with E-state index in [2.05, 4.69) is 231 Å². The van der Waals surface area contributed by atoms with Crippen LogP contribution in [0.25, 0.3) is 61.1 Å². The smallest absolute Gasteiger partial charge is 0.0579 e. The predicted molar refractivity (Wildman–Crippen MR) is 259 cm³/mol. The van der Waals surface area contributed by atoms with Crippen LogP contribution in [-0.2, 0) is 50.5 Å². The Morgan fingerprint density at radius 1 is 0.578 bits per heavy atom. The molecule has 0 radical (unpaired) electrons. The van der Waals surface area contributed by atoms with Crippen LogP contribution in [-0.4, -0.2) is 18.5 Å². The van der Waals surface area contributed by atoms with Crippen LogP contribution in [0, 0.1) is 17.7 Å². The third-order valence-electron chi connectivity index (χ3n) is 13.1. The third-order valence-corrected chi connectivity index (χ3v) is 14.2. The zero-order chi connectivity index (χ0) is 43.7. The second-order valence-electron chi connectivity index (χ2n) is 18.4. The molecule has 0 amide bonds. The quantitative estimate of drug-likeness (QED) is 0.166. The molecule has 6 heterocycles. The molecule has 10 aromatic rings. The maximum absolute atomic E-state index is 6.82. The number of rotatable bonds is 6. The fourth-order valence-electron chi connectivity index (χ4n) is 9.73. The number of pyridine rings is 2. The van der Waals surface area contributed by atoms with Gasteiger partial charge in [-0.1, -0.05) is 81.4 Å². The van der Waals surface area contributed by atoms with E-state index in [4.69, 9.17) is 9.72 Å². The summed E-state index contributed by atoms with van der Waals surface area (Å²) in [7, 11) is 0. The van der Waals surface area contributed by atoms with Gasteiger partial charge in [0.15, 0.2) is 0 Å². The van der Waals surface area contributed by atoms with Gasteiger partial charge in [0, 0.05) is 11.3 Å². The topological polar surface area (TPSA) is 36.4 Å². The molecule has 0 fully saturated rings. The molecule has 2 aliphatic carbocycles. The van der Waals surface area contributed by atoms with Crippen molar-refractivity contribution in [3.05, 3.63) is 207 Å². The molecule has 318 valence electrons. The molecule has 0 atom stereocenters. The number of hydrogen-bond acceptors (Lipinski definition) is 2. The molecule has 0 unspecified atom stereocenters. The average Bonchev–Trinajstić information content (AvgIpc) is 3.81. The summed E-state index contributed by atoms with van der Waals surface area (Å²) in [6.45, 7) is 11.1. The van der Waals surface area contributed by atoms with Crippen LogP contribution in [0.15, 0.2) is 164 Å². The molecule has 0 saturated heterocycles. The van der Waals surface area contributed by atoms with Gasteiger partial charge in [-0.05, 0) is 47.1 Å². The number of nitrogens with zero attached hydrogens (tertiary/aromatic N) is 4. The Morgan fingerprint density at radius 2 is 1.31 bits per heavy atom. The van der Waals surface area contributed by atoms with Gasteiger partial charge in [-0.15, -0.1) is 0 Å². The second-order valence-corrected chi connectivity index (χ2v) is 19.4. The van der Waals surface area contributed by atoms with Crippen LogP contribution in [0.4, 0.5) is 0 Å². The molecule has 0 saturated carbocycles. The monoisotopic (exact) mass is 1010 g/mol. The molecular weight excluding hydrogens is 964 g/mol. The average molecular weight is 1010 g/mol. The molecule has 14 rings (SSSR count). The minimum Gasteiger partial charge on any atom is -0.0579 e. The molecule has 64 heavy (non-hydrogen) atoms. The van der Waals surface area contributed by atoms with Gasteiger partial charge in [-0.25, -0.2) is 0 Å². The third kappa shape index (κ3) is 7.26. The zero-order valence-electron chi connectivity index (χ0n) is 36.9. The van der Waals surface area contributed by atoms with E-state index in [9.17, 15) is 0 Å². The molecule has 0 spiro atoms. The van der Waals surface area contributed by atoms with Gasteiger partial charge in [-0.2, -0.15) is 0 Å². The summed E-state index contributed by atoms with van der Waals surface area (Å²) in [6, 6.07) is 57.5. The van der Waals surface area contributed by atoms with Gasteiger partial charge >= 0.3 is 248 Å². The minimum absolute atomic E-state index is 0.0931. The first-order valence-corrected chi connectivity index (χ1v) is 23.5. The Balaban J connectivity index is 0.991. The molecule has 0 N–H and O–H groups in total. The van der Waals surface area contributed by atoms with Gasteiger partial charge in [0.1, 0.15) is 0 Å². The number of fused-ring (bicyclic) bond motifs is 3. The van der Waals surface area contributed by atoms with E-state index in [0.717, 1.165) is 74.6 Å². The summed E-state index contributed by atoms with van der Waals surface area (Å²) in [4.78, 5) is 5.36. The number of aryl methyl sites for hydroxylation is 6. The van der Waals surface area contributed by atoms with Crippen molar-refractivity contribution >= 4 is 27.3 Å².